The van der Waals surface area contributed by atoms with Gasteiger partial charge in [0, 0.05) is 15.6 Å². The van der Waals surface area contributed by atoms with Gasteiger partial charge in [-0.3, -0.25) is 4.79 Å². The van der Waals surface area contributed by atoms with Crippen LogP contribution < -0.4 is 5.32 Å². The van der Waals surface area contributed by atoms with E-state index in [1.807, 2.05) is 0 Å². The number of rotatable bonds is 3. The van der Waals surface area contributed by atoms with Gasteiger partial charge in [-0.2, -0.15) is 13.2 Å². The van der Waals surface area contributed by atoms with E-state index >= 15 is 0 Å². The molecule has 0 radical (unpaired) electrons. The summed E-state index contributed by atoms with van der Waals surface area (Å²) in [5.41, 5.74) is -4.24. The van der Waals surface area contributed by atoms with E-state index < -0.39 is 11.4 Å². The summed E-state index contributed by atoms with van der Waals surface area (Å²) in [6.07, 6.45) is 1.43. The molecule has 0 aliphatic rings. The van der Waals surface area contributed by atoms with Crippen molar-refractivity contribution in [2.75, 3.05) is 5.32 Å². The summed E-state index contributed by atoms with van der Waals surface area (Å²) in [6.45, 7) is 0. The smallest absolute Gasteiger partial charge is 0.320 e. The Bertz CT molecular complexity index is 664. The van der Waals surface area contributed by atoms with E-state index in [4.69, 9.17) is 0 Å². The molecule has 0 unspecified atom stereocenters. The molecule has 0 saturated heterocycles. The maximum Gasteiger partial charge on any atom is 0.446 e. The van der Waals surface area contributed by atoms with Gasteiger partial charge >= 0.3 is 5.51 Å². The van der Waals surface area contributed by atoms with Gasteiger partial charge in [0.25, 0.3) is 5.91 Å². The second kappa shape index (κ2) is 6.48. The molecule has 1 aromatic heterocycles. The molecule has 1 amide bonds. The molecular formula is C13H8BrF3N2OS. The Morgan fingerprint density at radius 1 is 1.19 bits per heavy atom. The molecule has 1 heterocycles. The number of carbonyl (C=O) groups excluding carboxylic acids is 1. The van der Waals surface area contributed by atoms with Gasteiger partial charge in [-0.25, -0.2) is 4.98 Å². The summed E-state index contributed by atoms with van der Waals surface area (Å²) in [7, 11) is 0. The van der Waals surface area contributed by atoms with Crippen molar-refractivity contribution in [3.05, 3.63) is 52.8 Å². The number of para-hydroxylation sites is 1. The second-order valence-electron chi connectivity index (χ2n) is 3.83. The van der Waals surface area contributed by atoms with Gasteiger partial charge in [-0.15, -0.1) is 0 Å². The van der Waals surface area contributed by atoms with Crippen molar-refractivity contribution in [1.29, 1.82) is 0 Å². The molecule has 0 saturated carbocycles. The minimum Gasteiger partial charge on any atom is -0.320 e. The van der Waals surface area contributed by atoms with Gasteiger partial charge in [0.15, 0.2) is 0 Å². The van der Waals surface area contributed by atoms with Gasteiger partial charge in [0.2, 0.25) is 0 Å². The highest BCUT2D eigenvalue weighted by Gasteiger charge is 2.30. The third-order valence-electron chi connectivity index (χ3n) is 2.33. The van der Waals surface area contributed by atoms with Crippen LogP contribution in [0, 0.1) is 0 Å². The molecule has 1 N–H and O–H groups in total. The summed E-state index contributed by atoms with van der Waals surface area (Å²) in [6, 6.07) is 8.97. The summed E-state index contributed by atoms with van der Waals surface area (Å²) in [5.74, 6) is -0.585. The maximum absolute atomic E-state index is 12.5. The number of anilines is 1. The third-order valence-corrected chi connectivity index (χ3v) is 3.78. The first kappa shape index (κ1) is 15.8. The fourth-order valence-corrected chi connectivity index (χ4v) is 2.58. The number of hydrogen-bond donors (Lipinski definition) is 1. The molecule has 110 valence electrons. The van der Waals surface area contributed by atoms with Crippen molar-refractivity contribution in [3.63, 3.8) is 0 Å². The quantitative estimate of drug-likeness (QED) is 0.788. The Kier molecular flexibility index (Phi) is 4.89. The molecule has 1 aromatic carbocycles. The Morgan fingerprint density at radius 3 is 2.57 bits per heavy atom. The third kappa shape index (κ3) is 4.47. The Balaban J connectivity index is 2.24. The largest absolute Gasteiger partial charge is 0.446 e. The van der Waals surface area contributed by atoms with Crippen molar-refractivity contribution < 1.29 is 18.0 Å². The van der Waals surface area contributed by atoms with Crippen LogP contribution in [-0.4, -0.2) is 16.4 Å². The second-order valence-corrected chi connectivity index (χ2v) is 5.79. The number of alkyl halides is 3. The Hall–Kier alpha value is -1.54. The summed E-state index contributed by atoms with van der Waals surface area (Å²) >= 11 is 2.89. The lowest BCUT2D eigenvalue weighted by atomic mass is 10.3. The van der Waals surface area contributed by atoms with E-state index in [1.54, 1.807) is 18.2 Å². The van der Waals surface area contributed by atoms with Crippen molar-refractivity contribution in [2.24, 2.45) is 0 Å². The molecular weight excluding hydrogens is 369 g/mol. The van der Waals surface area contributed by atoms with Gasteiger partial charge in [0.1, 0.15) is 5.69 Å². The highest BCUT2D eigenvalue weighted by molar-refractivity contribution is 9.10. The first-order valence-electron chi connectivity index (χ1n) is 5.63. The normalized spacial score (nSPS) is 11.2. The van der Waals surface area contributed by atoms with Crippen LogP contribution in [0.5, 0.6) is 0 Å². The molecule has 2 aromatic rings. The van der Waals surface area contributed by atoms with Crippen LogP contribution in [0.15, 0.2) is 52.0 Å². The van der Waals surface area contributed by atoms with Crippen molar-refractivity contribution in [3.8, 4) is 0 Å². The fraction of sp³-hybridized carbons (Fsp3) is 0.0769. The van der Waals surface area contributed by atoms with E-state index in [1.165, 1.54) is 24.4 Å². The lowest BCUT2D eigenvalue weighted by Gasteiger charge is -2.12. The van der Waals surface area contributed by atoms with Crippen molar-refractivity contribution in [1.82, 2.24) is 4.98 Å². The molecule has 0 fully saturated rings. The number of benzene rings is 1. The molecule has 2 rings (SSSR count). The van der Waals surface area contributed by atoms with E-state index in [9.17, 15) is 18.0 Å². The lowest BCUT2D eigenvalue weighted by molar-refractivity contribution is -0.0328. The predicted octanol–water partition coefficient (Wildman–Crippen LogP) is 4.71. The number of nitrogens with one attached hydrogen (secondary N) is 1. The number of pyridine rings is 1. The van der Waals surface area contributed by atoms with Crippen LogP contribution in [0.25, 0.3) is 0 Å². The van der Waals surface area contributed by atoms with E-state index in [0.717, 1.165) is 0 Å². The van der Waals surface area contributed by atoms with Crippen LogP contribution in [-0.2, 0) is 0 Å². The van der Waals surface area contributed by atoms with E-state index in [2.05, 4.69) is 26.2 Å². The van der Waals surface area contributed by atoms with Gasteiger partial charge < -0.3 is 5.32 Å². The molecule has 0 spiro atoms. The number of amides is 1. The average molecular weight is 377 g/mol. The minimum absolute atomic E-state index is 0.0783. The van der Waals surface area contributed by atoms with Gasteiger partial charge in [-0.1, -0.05) is 12.1 Å². The number of carbonyl (C=O) groups is 1. The standard InChI is InChI=1S/C13H8BrF3N2OS/c14-8-4-3-7-18-11(8)12(20)19-9-5-1-2-6-10(9)21-13(15,16)17/h1-7H,(H,19,20). The molecule has 0 aliphatic carbocycles. The molecule has 0 bridgehead atoms. The van der Waals surface area contributed by atoms with Crippen LogP contribution >= 0.6 is 27.7 Å². The van der Waals surface area contributed by atoms with Crippen LogP contribution in [0.2, 0.25) is 0 Å². The highest BCUT2D eigenvalue weighted by atomic mass is 79.9. The fourth-order valence-electron chi connectivity index (χ4n) is 1.52. The average Bonchev–Trinajstić information content (AvgIpc) is 2.40. The van der Waals surface area contributed by atoms with Gasteiger partial charge in [-0.05, 0) is 52.0 Å². The zero-order valence-electron chi connectivity index (χ0n) is 10.3. The monoisotopic (exact) mass is 376 g/mol. The first-order chi connectivity index (χ1) is 9.87. The lowest BCUT2D eigenvalue weighted by Crippen LogP contribution is -2.15. The molecule has 0 atom stereocenters. The zero-order valence-corrected chi connectivity index (χ0v) is 12.7. The number of halogens is 4. The first-order valence-corrected chi connectivity index (χ1v) is 7.24. The van der Waals surface area contributed by atoms with Crippen LogP contribution in [0.1, 0.15) is 10.5 Å². The summed E-state index contributed by atoms with van der Waals surface area (Å²) in [5, 5.41) is 2.44. The van der Waals surface area contributed by atoms with Crippen molar-refractivity contribution >= 4 is 39.3 Å². The van der Waals surface area contributed by atoms with Gasteiger partial charge in [0.05, 0.1) is 5.69 Å². The maximum atomic E-state index is 12.5. The Labute approximate surface area is 131 Å². The Morgan fingerprint density at radius 2 is 1.90 bits per heavy atom. The number of hydrogen-bond acceptors (Lipinski definition) is 3. The summed E-state index contributed by atoms with van der Waals surface area (Å²) in [4.78, 5) is 15.9. The number of aromatic nitrogens is 1. The zero-order chi connectivity index (χ0) is 15.5. The molecule has 8 heteroatoms. The highest BCUT2D eigenvalue weighted by Crippen LogP contribution is 2.40. The van der Waals surface area contributed by atoms with E-state index in [0.29, 0.717) is 4.47 Å². The number of thioether (sulfide) groups is 1. The van der Waals surface area contributed by atoms with Crippen LogP contribution in [0.3, 0.4) is 0 Å². The number of nitrogens with zero attached hydrogens (tertiary/aromatic N) is 1. The topological polar surface area (TPSA) is 42.0 Å². The summed E-state index contributed by atoms with van der Waals surface area (Å²) < 4.78 is 37.9. The molecule has 0 aliphatic heterocycles. The predicted molar refractivity (Wildman–Crippen MR) is 78.2 cm³/mol. The van der Waals surface area contributed by atoms with Crippen LogP contribution in [0.4, 0.5) is 18.9 Å². The molecule has 3 nitrogen and oxygen atoms in total. The molecule has 21 heavy (non-hydrogen) atoms. The SMILES string of the molecule is O=C(Nc1ccccc1SC(F)(F)F)c1ncccc1Br. The van der Waals surface area contributed by atoms with Crippen molar-refractivity contribution in [2.45, 2.75) is 10.4 Å². The van der Waals surface area contributed by atoms with E-state index in [-0.39, 0.29) is 28.0 Å². The minimum atomic E-state index is -4.42.